The van der Waals surface area contributed by atoms with Crippen molar-refractivity contribution < 1.29 is 9.47 Å². The van der Waals surface area contributed by atoms with E-state index in [1.807, 2.05) is 0 Å². The zero-order chi connectivity index (χ0) is 16.3. The number of nitrogens with one attached hydrogen (secondary N) is 2. The first-order valence-corrected chi connectivity index (χ1v) is 8.13. The largest absolute Gasteiger partial charge is 0.380 e. The number of hydrogen-bond acceptors (Lipinski definition) is 4. The summed E-state index contributed by atoms with van der Waals surface area (Å²) in [6, 6.07) is 8.41. The average molecular weight is 448 g/mol. The number of methoxy groups -OCH3 is 1. The van der Waals surface area contributed by atoms with Crippen LogP contribution in [0, 0.1) is 0 Å². The summed E-state index contributed by atoms with van der Waals surface area (Å²) in [5, 5.41) is 6.69. The van der Waals surface area contributed by atoms with Crippen molar-refractivity contribution in [3.05, 3.63) is 35.4 Å². The Hall–Kier alpha value is -0.900. The normalized spacial score (nSPS) is 15.7. The third kappa shape index (κ3) is 7.78. The van der Waals surface area contributed by atoms with E-state index >= 15 is 0 Å². The Morgan fingerprint density at radius 2 is 1.83 bits per heavy atom. The zero-order valence-corrected chi connectivity index (χ0v) is 16.9. The average Bonchev–Trinajstić information content (AvgIpc) is 2.60. The maximum atomic E-state index is 5.35. The maximum Gasteiger partial charge on any atom is 0.191 e. The van der Waals surface area contributed by atoms with E-state index in [0.29, 0.717) is 6.61 Å². The summed E-state index contributed by atoms with van der Waals surface area (Å²) in [6.45, 7) is 7.01. The molecule has 2 rings (SSSR count). The number of morpholine rings is 1. The minimum Gasteiger partial charge on any atom is -0.380 e. The summed E-state index contributed by atoms with van der Waals surface area (Å²) in [6.07, 6.45) is 0. The second-order valence-electron chi connectivity index (χ2n) is 5.56. The highest BCUT2D eigenvalue weighted by atomic mass is 127. The van der Waals surface area contributed by atoms with Crippen LogP contribution in [0.4, 0.5) is 0 Å². The van der Waals surface area contributed by atoms with E-state index < -0.39 is 0 Å². The molecule has 136 valence electrons. The van der Waals surface area contributed by atoms with Crippen LogP contribution in [-0.4, -0.2) is 64.4 Å². The molecule has 0 bridgehead atoms. The Balaban J connectivity index is 0.00000288. The highest BCUT2D eigenvalue weighted by Crippen LogP contribution is 2.05. The van der Waals surface area contributed by atoms with E-state index in [-0.39, 0.29) is 24.0 Å². The molecule has 1 saturated heterocycles. The van der Waals surface area contributed by atoms with Crippen molar-refractivity contribution in [2.45, 2.75) is 13.2 Å². The molecule has 0 aliphatic carbocycles. The van der Waals surface area contributed by atoms with E-state index in [9.17, 15) is 0 Å². The van der Waals surface area contributed by atoms with Gasteiger partial charge in [0.2, 0.25) is 0 Å². The third-order valence-corrected chi connectivity index (χ3v) is 3.84. The second kappa shape index (κ2) is 12.5. The van der Waals surface area contributed by atoms with Gasteiger partial charge in [-0.3, -0.25) is 9.89 Å². The molecule has 0 saturated carbocycles. The van der Waals surface area contributed by atoms with Gasteiger partial charge >= 0.3 is 0 Å². The Morgan fingerprint density at radius 3 is 2.46 bits per heavy atom. The van der Waals surface area contributed by atoms with Crippen molar-refractivity contribution in [1.82, 2.24) is 15.5 Å². The number of benzene rings is 1. The van der Waals surface area contributed by atoms with Crippen LogP contribution in [-0.2, 0) is 22.6 Å². The van der Waals surface area contributed by atoms with E-state index in [2.05, 4.69) is 44.8 Å². The van der Waals surface area contributed by atoms with Crippen LogP contribution >= 0.6 is 24.0 Å². The molecule has 1 aromatic rings. The summed E-state index contributed by atoms with van der Waals surface area (Å²) < 4.78 is 10.5. The molecule has 1 aliphatic heterocycles. The number of halogens is 1. The van der Waals surface area contributed by atoms with Crippen molar-refractivity contribution in [2.24, 2.45) is 4.99 Å². The van der Waals surface area contributed by atoms with Gasteiger partial charge in [-0.05, 0) is 11.1 Å². The lowest BCUT2D eigenvalue weighted by atomic mass is 10.1. The molecule has 0 aromatic heterocycles. The summed E-state index contributed by atoms with van der Waals surface area (Å²) in [5.41, 5.74) is 2.41. The molecule has 0 atom stereocenters. The smallest absolute Gasteiger partial charge is 0.191 e. The van der Waals surface area contributed by atoms with Crippen LogP contribution in [0.25, 0.3) is 0 Å². The minimum atomic E-state index is 0. The van der Waals surface area contributed by atoms with E-state index in [0.717, 1.165) is 51.9 Å². The van der Waals surface area contributed by atoms with Crippen molar-refractivity contribution in [1.29, 1.82) is 0 Å². The molecule has 7 heteroatoms. The second-order valence-corrected chi connectivity index (χ2v) is 5.56. The van der Waals surface area contributed by atoms with Crippen LogP contribution in [0.2, 0.25) is 0 Å². The monoisotopic (exact) mass is 448 g/mol. The molecular weight excluding hydrogens is 419 g/mol. The first kappa shape index (κ1) is 21.1. The number of nitrogens with zero attached hydrogens (tertiary/aromatic N) is 2. The van der Waals surface area contributed by atoms with E-state index in [1.165, 1.54) is 11.1 Å². The lowest BCUT2D eigenvalue weighted by Gasteiger charge is -2.26. The van der Waals surface area contributed by atoms with Gasteiger partial charge in [-0.2, -0.15) is 0 Å². The molecule has 1 fully saturated rings. The number of hydrogen-bond donors (Lipinski definition) is 2. The van der Waals surface area contributed by atoms with Crippen molar-refractivity contribution >= 4 is 29.9 Å². The number of rotatable bonds is 7. The Kier molecular flexibility index (Phi) is 11.0. The molecule has 1 aromatic carbocycles. The third-order valence-electron chi connectivity index (χ3n) is 3.84. The summed E-state index contributed by atoms with van der Waals surface area (Å²) in [7, 11) is 3.51. The van der Waals surface area contributed by atoms with Crippen molar-refractivity contribution in [3.63, 3.8) is 0 Å². The first-order valence-electron chi connectivity index (χ1n) is 8.13. The lowest BCUT2D eigenvalue weighted by molar-refractivity contribution is 0.0389. The standard InChI is InChI=1S/C17H28N4O2.HI/c1-18-17(19-7-8-21-9-11-23-12-10-21)20-13-15-3-5-16(6-4-15)14-22-2;/h3-6H,7-14H2,1-2H3,(H2,18,19,20);1H. The number of guanidine groups is 1. The van der Waals surface area contributed by atoms with Crippen molar-refractivity contribution in [2.75, 3.05) is 53.6 Å². The fraction of sp³-hybridized carbons (Fsp3) is 0.588. The van der Waals surface area contributed by atoms with Gasteiger partial charge in [-0.15, -0.1) is 24.0 Å². The fourth-order valence-corrected chi connectivity index (χ4v) is 2.48. The van der Waals surface area contributed by atoms with Gasteiger partial charge in [0.05, 0.1) is 19.8 Å². The summed E-state index contributed by atoms with van der Waals surface area (Å²) >= 11 is 0. The molecule has 1 aliphatic rings. The Morgan fingerprint density at radius 1 is 1.17 bits per heavy atom. The predicted molar refractivity (Wildman–Crippen MR) is 108 cm³/mol. The highest BCUT2D eigenvalue weighted by molar-refractivity contribution is 14.0. The molecule has 1 heterocycles. The molecular formula is C17H29IN4O2. The van der Waals surface area contributed by atoms with Crippen LogP contribution in [0.5, 0.6) is 0 Å². The van der Waals surface area contributed by atoms with Gasteiger partial charge in [-0.25, -0.2) is 0 Å². The maximum absolute atomic E-state index is 5.35. The van der Waals surface area contributed by atoms with E-state index in [1.54, 1.807) is 14.2 Å². The van der Waals surface area contributed by atoms with Gasteiger partial charge in [-0.1, -0.05) is 24.3 Å². The van der Waals surface area contributed by atoms with Gasteiger partial charge in [0.1, 0.15) is 0 Å². The molecule has 24 heavy (non-hydrogen) atoms. The summed E-state index contributed by atoms with van der Waals surface area (Å²) in [4.78, 5) is 6.67. The SMILES string of the molecule is CN=C(NCCN1CCOCC1)NCc1ccc(COC)cc1.I. The molecule has 0 amide bonds. The Bertz CT molecular complexity index is 476. The molecule has 6 nitrogen and oxygen atoms in total. The number of ether oxygens (including phenoxy) is 2. The van der Waals surface area contributed by atoms with Crippen LogP contribution in [0.15, 0.2) is 29.3 Å². The van der Waals surface area contributed by atoms with Gasteiger partial charge < -0.3 is 20.1 Å². The minimum absolute atomic E-state index is 0. The van der Waals surface area contributed by atoms with Crippen LogP contribution in [0.1, 0.15) is 11.1 Å². The highest BCUT2D eigenvalue weighted by Gasteiger charge is 2.09. The fourth-order valence-electron chi connectivity index (χ4n) is 2.48. The van der Waals surface area contributed by atoms with E-state index in [4.69, 9.17) is 9.47 Å². The van der Waals surface area contributed by atoms with Crippen molar-refractivity contribution in [3.8, 4) is 0 Å². The quantitative estimate of drug-likeness (QED) is 0.376. The molecule has 0 unspecified atom stereocenters. The predicted octanol–water partition coefficient (Wildman–Crippen LogP) is 1.45. The topological polar surface area (TPSA) is 58.1 Å². The lowest BCUT2D eigenvalue weighted by Crippen LogP contribution is -2.44. The Labute approximate surface area is 162 Å². The molecule has 0 spiro atoms. The molecule has 2 N–H and O–H groups in total. The number of aliphatic imine (C=N–C) groups is 1. The summed E-state index contributed by atoms with van der Waals surface area (Å²) in [5.74, 6) is 0.833. The zero-order valence-electron chi connectivity index (χ0n) is 14.6. The van der Waals surface area contributed by atoms with Gasteiger partial charge in [0.25, 0.3) is 0 Å². The van der Waals surface area contributed by atoms with Gasteiger partial charge in [0, 0.05) is 46.9 Å². The first-order chi connectivity index (χ1) is 11.3. The van der Waals surface area contributed by atoms with Crippen LogP contribution in [0.3, 0.4) is 0 Å². The van der Waals surface area contributed by atoms with Gasteiger partial charge in [0.15, 0.2) is 5.96 Å². The van der Waals surface area contributed by atoms with Crippen LogP contribution < -0.4 is 10.6 Å². The molecule has 0 radical (unpaired) electrons.